The zero-order valence-corrected chi connectivity index (χ0v) is 11.9. The second-order valence-corrected chi connectivity index (χ2v) is 4.84. The first kappa shape index (κ1) is 14.4. The maximum absolute atomic E-state index is 11.4. The normalized spacial score (nSPS) is 22.6. The molecule has 2 atom stereocenters. The molecule has 1 aliphatic rings. The number of rotatable bonds is 4. The van der Waals surface area contributed by atoms with Gasteiger partial charge in [-0.15, -0.1) is 0 Å². The number of hydrogen-bond donors (Lipinski definition) is 1. The molecule has 0 aliphatic carbocycles. The summed E-state index contributed by atoms with van der Waals surface area (Å²) in [4.78, 5) is 20.9. The predicted octanol–water partition coefficient (Wildman–Crippen LogP) is 1.43. The molecule has 1 N–H and O–H groups in total. The Morgan fingerprint density at radius 1 is 1.45 bits per heavy atom. The van der Waals surface area contributed by atoms with E-state index < -0.39 is 4.92 Å². The van der Waals surface area contributed by atoms with Gasteiger partial charge in [0.2, 0.25) is 11.6 Å². The highest BCUT2D eigenvalue weighted by atomic mass is 16.6. The Morgan fingerprint density at radius 3 is 2.65 bits per heavy atom. The molecule has 1 aromatic heterocycles. The molecule has 20 heavy (non-hydrogen) atoms. The average molecular weight is 281 g/mol. The van der Waals surface area contributed by atoms with Gasteiger partial charge in [-0.2, -0.15) is 0 Å². The molecule has 0 bridgehead atoms. The van der Waals surface area contributed by atoms with Crippen molar-refractivity contribution in [1.82, 2.24) is 9.97 Å². The first-order chi connectivity index (χ1) is 9.52. The molecule has 0 saturated carbocycles. The van der Waals surface area contributed by atoms with Crippen LogP contribution in [0.15, 0.2) is 6.33 Å². The third-order valence-electron chi connectivity index (χ3n) is 3.05. The molecule has 0 unspecified atom stereocenters. The van der Waals surface area contributed by atoms with Gasteiger partial charge in [0.1, 0.15) is 6.33 Å². The van der Waals surface area contributed by atoms with Crippen LogP contribution in [-0.4, -0.2) is 46.7 Å². The first-order valence-electron chi connectivity index (χ1n) is 6.66. The molecule has 0 radical (unpaired) electrons. The van der Waals surface area contributed by atoms with Gasteiger partial charge in [0, 0.05) is 19.6 Å². The summed E-state index contributed by atoms with van der Waals surface area (Å²) in [6, 6.07) is 0. The lowest BCUT2D eigenvalue weighted by Gasteiger charge is -2.35. The van der Waals surface area contributed by atoms with Crippen molar-refractivity contribution < 1.29 is 9.66 Å². The number of hydrogen-bond acceptors (Lipinski definition) is 7. The first-order valence-corrected chi connectivity index (χ1v) is 6.66. The fourth-order valence-electron chi connectivity index (χ4n) is 2.42. The summed E-state index contributed by atoms with van der Waals surface area (Å²) in [5.74, 6) is 0.609. The second kappa shape index (κ2) is 6.00. The molecule has 110 valence electrons. The van der Waals surface area contributed by atoms with Crippen LogP contribution in [0.1, 0.15) is 20.8 Å². The maximum atomic E-state index is 11.4. The smallest absolute Gasteiger partial charge is 0.353 e. The number of nitrogens with zero attached hydrogens (tertiary/aromatic N) is 4. The number of aromatic nitrogens is 2. The monoisotopic (exact) mass is 281 g/mol. The molecular formula is C12H19N5O3. The molecule has 0 spiro atoms. The van der Waals surface area contributed by atoms with E-state index in [1.54, 1.807) is 0 Å². The van der Waals surface area contributed by atoms with E-state index in [9.17, 15) is 10.1 Å². The molecule has 0 amide bonds. The second-order valence-electron chi connectivity index (χ2n) is 4.84. The fraction of sp³-hybridized carbons (Fsp3) is 0.667. The highest BCUT2D eigenvalue weighted by Crippen LogP contribution is 2.33. The lowest BCUT2D eigenvalue weighted by atomic mass is 10.2. The standard InChI is InChI=1S/C12H19N5O3/c1-4-13-11-10(17(18)19)12(15-7-14-11)16-5-8(2)20-9(3)6-16/h7-9H,4-6H2,1-3H3,(H,13,14,15)/t8-,9+. The lowest BCUT2D eigenvalue weighted by molar-refractivity contribution is -0.383. The Balaban J connectivity index is 2.39. The third-order valence-corrected chi connectivity index (χ3v) is 3.05. The van der Waals surface area contributed by atoms with Crippen LogP contribution < -0.4 is 10.2 Å². The minimum absolute atomic E-state index is 0.0101. The number of nitrogens with one attached hydrogen (secondary N) is 1. The summed E-state index contributed by atoms with van der Waals surface area (Å²) in [5, 5.41) is 14.3. The van der Waals surface area contributed by atoms with Crippen LogP contribution in [-0.2, 0) is 4.74 Å². The zero-order chi connectivity index (χ0) is 14.7. The molecule has 1 aliphatic heterocycles. The Hall–Kier alpha value is -1.96. The number of ether oxygens (including phenoxy) is 1. The SMILES string of the molecule is CCNc1ncnc(N2C[C@@H](C)O[C@@H](C)C2)c1[N+](=O)[O-]. The van der Waals surface area contributed by atoms with Crippen LogP contribution in [0, 0.1) is 10.1 Å². The van der Waals surface area contributed by atoms with Gasteiger partial charge in [-0.25, -0.2) is 9.97 Å². The summed E-state index contributed by atoms with van der Waals surface area (Å²) in [6.07, 6.45) is 1.37. The Labute approximate surface area is 117 Å². The van der Waals surface area contributed by atoms with E-state index in [0.29, 0.717) is 25.5 Å². The molecule has 1 fully saturated rings. The van der Waals surface area contributed by atoms with Crippen LogP contribution in [0.2, 0.25) is 0 Å². The molecule has 1 saturated heterocycles. The van der Waals surface area contributed by atoms with Crippen molar-refractivity contribution in [3.8, 4) is 0 Å². The van der Waals surface area contributed by atoms with Crippen LogP contribution >= 0.6 is 0 Å². The molecule has 0 aromatic carbocycles. The van der Waals surface area contributed by atoms with Crippen molar-refractivity contribution in [1.29, 1.82) is 0 Å². The molecule has 2 heterocycles. The number of morpholine rings is 1. The summed E-state index contributed by atoms with van der Waals surface area (Å²) in [6.45, 7) is 7.47. The minimum atomic E-state index is -0.432. The van der Waals surface area contributed by atoms with Gasteiger partial charge in [-0.3, -0.25) is 10.1 Å². The quantitative estimate of drug-likeness (QED) is 0.659. The van der Waals surface area contributed by atoms with Gasteiger partial charge in [0.05, 0.1) is 17.1 Å². The van der Waals surface area contributed by atoms with E-state index in [4.69, 9.17) is 4.74 Å². The Kier molecular flexibility index (Phi) is 4.33. The van der Waals surface area contributed by atoms with Gasteiger partial charge >= 0.3 is 5.69 Å². The van der Waals surface area contributed by atoms with Gasteiger partial charge in [-0.05, 0) is 20.8 Å². The van der Waals surface area contributed by atoms with Crippen molar-refractivity contribution in [2.24, 2.45) is 0 Å². The highest BCUT2D eigenvalue weighted by molar-refractivity contribution is 5.70. The van der Waals surface area contributed by atoms with E-state index >= 15 is 0 Å². The van der Waals surface area contributed by atoms with Crippen molar-refractivity contribution in [2.75, 3.05) is 29.9 Å². The van der Waals surface area contributed by atoms with Crippen molar-refractivity contribution in [3.63, 3.8) is 0 Å². The summed E-state index contributed by atoms with van der Waals surface area (Å²) < 4.78 is 5.65. The predicted molar refractivity (Wildman–Crippen MR) is 75.1 cm³/mol. The lowest BCUT2D eigenvalue weighted by Crippen LogP contribution is -2.46. The van der Waals surface area contributed by atoms with Gasteiger partial charge in [0.25, 0.3) is 0 Å². The van der Waals surface area contributed by atoms with Crippen LogP contribution in [0.4, 0.5) is 17.3 Å². The topological polar surface area (TPSA) is 93.4 Å². The Bertz CT molecular complexity index is 486. The van der Waals surface area contributed by atoms with Crippen LogP contribution in [0.5, 0.6) is 0 Å². The maximum Gasteiger partial charge on any atom is 0.353 e. The summed E-state index contributed by atoms with van der Waals surface area (Å²) >= 11 is 0. The van der Waals surface area contributed by atoms with Gasteiger partial charge < -0.3 is 15.0 Å². The minimum Gasteiger partial charge on any atom is -0.372 e. The Morgan fingerprint density at radius 2 is 2.10 bits per heavy atom. The largest absolute Gasteiger partial charge is 0.372 e. The molecular weight excluding hydrogens is 262 g/mol. The van der Waals surface area contributed by atoms with Gasteiger partial charge in [0.15, 0.2) is 0 Å². The van der Waals surface area contributed by atoms with Crippen LogP contribution in [0.25, 0.3) is 0 Å². The number of anilines is 2. The molecule has 1 aromatic rings. The third kappa shape index (κ3) is 2.96. The van der Waals surface area contributed by atoms with E-state index in [2.05, 4.69) is 15.3 Å². The fourth-order valence-corrected chi connectivity index (χ4v) is 2.42. The van der Waals surface area contributed by atoms with E-state index in [1.807, 2.05) is 25.7 Å². The van der Waals surface area contributed by atoms with E-state index in [0.717, 1.165) is 0 Å². The van der Waals surface area contributed by atoms with Crippen molar-refractivity contribution in [2.45, 2.75) is 33.0 Å². The average Bonchev–Trinajstić information content (AvgIpc) is 2.37. The van der Waals surface area contributed by atoms with E-state index in [-0.39, 0.29) is 23.7 Å². The summed E-state index contributed by atoms with van der Waals surface area (Å²) in [7, 11) is 0. The molecule has 2 rings (SSSR count). The highest BCUT2D eigenvalue weighted by Gasteiger charge is 2.31. The van der Waals surface area contributed by atoms with Crippen molar-refractivity contribution in [3.05, 3.63) is 16.4 Å². The van der Waals surface area contributed by atoms with E-state index in [1.165, 1.54) is 6.33 Å². The number of nitro groups is 1. The van der Waals surface area contributed by atoms with Crippen molar-refractivity contribution >= 4 is 17.3 Å². The van der Waals surface area contributed by atoms with Crippen LogP contribution in [0.3, 0.4) is 0 Å². The van der Waals surface area contributed by atoms with Gasteiger partial charge in [-0.1, -0.05) is 0 Å². The molecule has 8 heteroatoms. The summed E-state index contributed by atoms with van der Waals surface area (Å²) in [5.41, 5.74) is -0.0735. The molecule has 8 nitrogen and oxygen atoms in total. The zero-order valence-electron chi connectivity index (χ0n) is 11.9.